The van der Waals surface area contributed by atoms with Gasteiger partial charge in [-0.05, 0) is 37.5 Å². The highest BCUT2D eigenvalue weighted by molar-refractivity contribution is 9.10. The molecule has 0 spiro atoms. The van der Waals surface area contributed by atoms with Crippen LogP contribution < -0.4 is 4.74 Å². The van der Waals surface area contributed by atoms with Gasteiger partial charge in [-0.25, -0.2) is 0 Å². The van der Waals surface area contributed by atoms with Gasteiger partial charge in [0.05, 0.1) is 6.61 Å². The third-order valence-electron chi connectivity index (χ3n) is 2.85. The van der Waals surface area contributed by atoms with Gasteiger partial charge in [0.1, 0.15) is 5.75 Å². The number of rotatable bonds is 5. The van der Waals surface area contributed by atoms with Gasteiger partial charge in [0, 0.05) is 14.9 Å². The van der Waals surface area contributed by atoms with Crippen LogP contribution in [0.4, 0.5) is 0 Å². The highest BCUT2D eigenvalue weighted by Crippen LogP contribution is 2.44. The van der Waals surface area contributed by atoms with Crippen molar-refractivity contribution in [2.24, 2.45) is 5.92 Å². The van der Waals surface area contributed by atoms with E-state index in [4.69, 9.17) is 4.74 Å². The lowest BCUT2D eigenvalue weighted by Crippen LogP contribution is -1.99. The van der Waals surface area contributed by atoms with Crippen molar-refractivity contribution in [2.75, 3.05) is 6.61 Å². The minimum atomic E-state index is 0.416. The molecule has 1 atom stereocenters. The third-order valence-corrected chi connectivity index (χ3v) is 4.21. The van der Waals surface area contributed by atoms with E-state index in [0.29, 0.717) is 4.83 Å². The molecule has 3 heteroatoms. The summed E-state index contributed by atoms with van der Waals surface area (Å²) in [6.45, 7) is 2.74. The lowest BCUT2D eigenvalue weighted by atomic mass is 10.1. The summed E-state index contributed by atoms with van der Waals surface area (Å²) in [6, 6.07) is 6.24. The third kappa shape index (κ3) is 3.24. The molecule has 1 unspecified atom stereocenters. The molecule has 1 aliphatic carbocycles. The zero-order valence-corrected chi connectivity index (χ0v) is 12.6. The Labute approximate surface area is 114 Å². The SMILES string of the molecule is CCOc1ccc(Br)cc1C(Br)CC1CC1. The number of alkyl halides is 1. The Balaban J connectivity index is 2.17. The minimum absolute atomic E-state index is 0.416. The molecule has 1 aromatic rings. The molecule has 2 rings (SSSR count). The number of halogens is 2. The average Bonchev–Trinajstić information content (AvgIpc) is 3.05. The molecule has 0 bridgehead atoms. The first kappa shape index (κ1) is 12.4. The van der Waals surface area contributed by atoms with E-state index in [9.17, 15) is 0 Å². The second-order valence-corrected chi connectivity index (χ2v) is 6.28. The first-order valence-corrected chi connectivity index (χ1v) is 7.48. The zero-order chi connectivity index (χ0) is 11.5. The predicted octanol–water partition coefficient (Wildman–Crippen LogP) is 5.08. The van der Waals surface area contributed by atoms with Crippen LogP contribution in [-0.4, -0.2) is 6.61 Å². The second kappa shape index (κ2) is 5.54. The molecule has 0 N–H and O–H groups in total. The Morgan fingerprint density at radius 2 is 2.19 bits per heavy atom. The molecule has 1 aliphatic rings. The molecule has 16 heavy (non-hydrogen) atoms. The number of benzene rings is 1. The van der Waals surface area contributed by atoms with Crippen molar-refractivity contribution in [3.8, 4) is 5.75 Å². The monoisotopic (exact) mass is 346 g/mol. The predicted molar refractivity (Wildman–Crippen MR) is 74.3 cm³/mol. The minimum Gasteiger partial charge on any atom is -0.494 e. The molecule has 1 saturated carbocycles. The van der Waals surface area contributed by atoms with Gasteiger partial charge in [-0.3, -0.25) is 0 Å². The van der Waals surface area contributed by atoms with Crippen LogP contribution in [0, 0.1) is 5.92 Å². The molecule has 0 amide bonds. The molecule has 1 aromatic carbocycles. The summed E-state index contributed by atoms with van der Waals surface area (Å²) in [5.41, 5.74) is 1.27. The molecule has 0 aromatic heterocycles. The summed E-state index contributed by atoms with van der Waals surface area (Å²) in [5, 5.41) is 0. The Bertz CT molecular complexity index is 361. The summed E-state index contributed by atoms with van der Waals surface area (Å²) in [6.07, 6.45) is 4.00. The van der Waals surface area contributed by atoms with Gasteiger partial charge in [-0.2, -0.15) is 0 Å². The summed E-state index contributed by atoms with van der Waals surface area (Å²) in [4.78, 5) is 0.416. The summed E-state index contributed by atoms with van der Waals surface area (Å²) < 4.78 is 6.78. The van der Waals surface area contributed by atoms with Crippen LogP contribution in [0.25, 0.3) is 0 Å². The van der Waals surface area contributed by atoms with E-state index in [1.54, 1.807) is 0 Å². The highest BCUT2D eigenvalue weighted by atomic mass is 79.9. The van der Waals surface area contributed by atoms with E-state index in [1.165, 1.54) is 24.8 Å². The maximum Gasteiger partial charge on any atom is 0.123 e. The van der Waals surface area contributed by atoms with Gasteiger partial charge in [0.15, 0.2) is 0 Å². The summed E-state index contributed by atoms with van der Waals surface area (Å²) in [5.74, 6) is 1.92. The van der Waals surface area contributed by atoms with E-state index in [-0.39, 0.29) is 0 Å². The normalized spacial score (nSPS) is 17.2. The highest BCUT2D eigenvalue weighted by Gasteiger charge is 2.26. The van der Waals surface area contributed by atoms with Gasteiger partial charge in [-0.15, -0.1) is 0 Å². The van der Waals surface area contributed by atoms with Crippen LogP contribution in [0.2, 0.25) is 0 Å². The maximum atomic E-state index is 5.66. The smallest absolute Gasteiger partial charge is 0.123 e. The van der Waals surface area contributed by atoms with Gasteiger partial charge in [-0.1, -0.05) is 44.7 Å². The number of ether oxygens (including phenoxy) is 1. The van der Waals surface area contributed by atoms with Crippen molar-refractivity contribution in [2.45, 2.75) is 31.0 Å². The summed E-state index contributed by atoms with van der Waals surface area (Å²) in [7, 11) is 0. The molecule has 0 radical (unpaired) electrons. The summed E-state index contributed by atoms with van der Waals surface area (Å²) >= 11 is 7.30. The number of hydrogen-bond donors (Lipinski definition) is 0. The van der Waals surface area contributed by atoms with Crippen LogP contribution in [0.5, 0.6) is 5.75 Å². The number of hydrogen-bond acceptors (Lipinski definition) is 1. The van der Waals surface area contributed by atoms with Crippen LogP contribution in [-0.2, 0) is 0 Å². The Kier molecular flexibility index (Phi) is 4.31. The molecule has 0 saturated heterocycles. The standard InChI is InChI=1S/C13H16Br2O/c1-2-16-13-6-5-10(14)8-11(13)12(15)7-9-3-4-9/h5-6,8-9,12H,2-4,7H2,1H3. The van der Waals surface area contributed by atoms with Crippen LogP contribution in [0.3, 0.4) is 0 Å². The first-order valence-electron chi connectivity index (χ1n) is 5.77. The Morgan fingerprint density at radius 3 is 2.81 bits per heavy atom. The molecule has 88 valence electrons. The maximum absolute atomic E-state index is 5.66. The van der Waals surface area contributed by atoms with E-state index >= 15 is 0 Å². The van der Waals surface area contributed by atoms with Crippen LogP contribution >= 0.6 is 31.9 Å². The Morgan fingerprint density at radius 1 is 1.44 bits per heavy atom. The average molecular weight is 348 g/mol. The van der Waals surface area contributed by atoms with E-state index < -0.39 is 0 Å². The molecule has 1 nitrogen and oxygen atoms in total. The molecule has 1 fully saturated rings. The van der Waals surface area contributed by atoms with Gasteiger partial charge in [0.2, 0.25) is 0 Å². The van der Waals surface area contributed by atoms with Gasteiger partial charge >= 0.3 is 0 Å². The van der Waals surface area contributed by atoms with E-state index in [0.717, 1.165) is 22.7 Å². The second-order valence-electron chi connectivity index (χ2n) is 4.26. The van der Waals surface area contributed by atoms with Gasteiger partial charge in [0.25, 0.3) is 0 Å². The Hall–Kier alpha value is -0.0200. The molecular formula is C13H16Br2O. The van der Waals surface area contributed by atoms with Crippen molar-refractivity contribution in [3.63, 3.8) is 0 Å². The lowest BCUT2D eigenvalue weighted by molar-refractivity contribution is 0.336. The first-order chi connectivity index (χ1) is 7.70. The van der Waals surface area contributed by atoms with Crippen molar-refractivity contribution in [1.82, 2.24) is 0 Å². The fourth-order valence-corrected chi connectivity index (χ4v) is 3.09. The molecular weight excluding hydrogens is 332 g/mol. The quantitative estimate of drug-likeness (QED) is 0.674. The lowest BCUT2D eigenvalue weighted by Gasteiger charge is -2.15. The largest absolute Gasteiger partial charge is 0.494 e. The van der Waals surface area contributed by atoms with Crippen molar-refractivity contribution >= 4 is 31.9 Å². The zero-order valence-electron chi connectivity index (χ0n) is 9.38. The van der Waals surface area contributed by atoms with Crippen molar-refractivity contribution < 1.29 is 4.74 Å². The fraction of sp³-hybridized carbons (Fsp3) is 0.538. The van der Waals surface area contributed by atoms with Crippen LogP contribution in [0.15, 0.2) is 22.7 Å². The van der Waals surface area contributed by atoms with Crippen LogP contribution in [0.1, 0.15) is 36.6 Å². The van der Waals surface area contributed by atoms with Gasteiger partial charge < -0.3 is 4.74 Å². The van der Waals surface area contributed by atoms with Crippen molar-refractivity contribution in [1.29, 1.82) is 0 Å². The van der Waals surface area contributed by atoms with Crippen molar-refractivity contribution in [3.05, 3.63) is 28.2 Å². The topological polar surface area (TPSA) is 9.23 Å². The molecule has 0 heterocycles. The molecule has 0 aliphatic heterocycles. The fourth-order valence-electron chi connectivity index (χ4n) is 1.82. The van der Waals surface area contributed by atoms with E-state index in [2.05, 4.69) is 37.9 Å². The van der Waals surface area contributed by atoms with E-state index in [1.807, 2.05) is 19.1 Å².